The fourth-order valence-corrected chi connectivity index (χ4v) is 2.98. The lowest BCUT2D eigenvalue weighted by Crippen LogP contribution is -2.14. The number of rotatable bonds is 6. The molecular weight excluding hydrogens is 421 g/mol. The number of carbonyl (C=O) groups is 1. The summed E-state index contributed by atoms with van der Waals surface area (Å²) in [5, 5.41) is 0. The van der Waals surface area contributed by atoms with Crippen molar-refractivity contribution in [1.82, 2.24) is 0 Å². The van der Waals surface area contributed by atoms with Crippen molar-refractivity contribution in [3.63, 3.8) is 0 Å². The number of aryl methyl sites for hydroxylation is 1. The van der Waals surface area contributed by atoms with Gasteiger partial charge in [0.15, 0.2) is 23.0 Å². The Bertz CT molecular complexity index is 1040. The molecule has 3 rings (SSSR count). The molecule has 0 spiro atoms. The van der Waals surface area contributed by atoms with Crippen LogP contribution >= 0.6 is 0 Å². The van der Waals surface area contributed by atoms with Gasteiger partial charge in [0.25, 0.3) is 0 Å². The van der Waals surface area contributed by atoms with E-state index in [1.165, 1.54) is 25.8 Å². The highest BCUT2D eigenvalue weighted by atomic mass is 19.2. The molecule has 0 radical (unpaired) electrons. The predicted molar refractivity (Wildman–Crippen MR) is 116 cm³/mol. The van der Waals surface area contributed by atoms with Crippen LogP contribution in [0.5, 0.6) is 11.5 Å². The monoisotopic (exact) mass is 446 g/mol. The van der Waals surface area contributed by atoms with Gasteiger partial charge in [0.1, 0.15) is 6.29 Å². The standard InChI is InChI=1S/C15H13F3O3.C10H12O/c1-7-5-9-6-10(20-4)12(17)13(18)15(9)21-14(7)11(16)8(2)19-3;1-2-3-9-4-6-10(8-11)7-5-9/h6H,1-2,5H2,3-4H3;4-8H,2-3H2,1H3/b14-11-;. The summed E-state index contributed by atoms with van der Waals surface area (Å²) >= 11 is 0. The van der Waals surface area contributed by atoms with E-state index in [2.05, 4.69) is 24.8 Å². The van der Waals surface area contributed by atoms with E-state index < -0.39 is 23.2 Å². The molecule has 1 aliphatic rings. The highest BCUT2D eigenvalue weighted by Gasteiger charge is 2.29. The van der Waals surface area contributed by atoms with Gasteiger partial charge in [-0.1, -0.05) is 50.8 Å². The third-order valence-corrected chi connectivity index (χ3v) is 4.70. The zero-order valence-electron chi connectivity index (χ0n) is 18.3. The molecule has 0 amide bonds. The van der Waals surface area contributed by atoms with Crippen LogP contribution in [-0.4, -0.2) is 20.5 Å². The molecule has 0 fully saturated rings. The van der Waals surface area contributed by atoms with Crippen molar-refractivity contribution < 1.29 is 32.2 Å². The van der Waals surface area contributed by atoms with Crippen molar-refractivity contribution in [3.05, 3.63) is 94.7 Å². The van der Waals surface area contributed by atoms with Gasteiger partial charge in [0.05, 0.1) is 14.2 Å². The van der Waals surface area contributed by atoms with Gasteiger partial charge in [0.2, 0.25) is 17.5 Å². The van der Waals surface area contributed by atoms with Crippen LogP contribution in [0.25, 0.3) is 0 Å². The van der Waals surface area contributed by atoms with Crippen LogP contribution in [0.4, 0.5) is 13.2 Å². The molecule has 0 saturated carbocycles. The van der Waals surface area contributed by atoms with E-state index in [-0.39, 0.29) is 29.3 Å². The average Bonchev–Trinajstić information content (AvgIpc) is 2.81. The van der Waals surface area contributed by atoms with Crippen LogP contribution in [0.1, 0.15) is 34.8 Å². The molecule has 0 saturated heterocycles. The maximum Gasteiger partial charge on any atom is 0.207 e. The molecule has 0 bridgehead atoms. The van der Waals surface area contributed by atoms with Gasteiger partial charge in [-0.05, 0) is 23.6 Å². The Morgan fingerprint density at radius 3 is 2.38 bits per heavy atom. The van der Waals surface area contributed by atoms with Crippen LogP contribution in [0, 0.1) is 11.6 Å². The van der Waals surface area contributed by atoms with E-state index in [1.807, 2.05) is 24.3 Å². The Hall–Kier alpha value is -3.48. The van der Waals surface area contributed by atoms with E-state index in [9.17, 15) is 18.0 Å². The molecule has 2 aromatic rings. The Morgan fingerprint density at radius 2 is 1.84 bits per heavy atom. The first-order valence-corrected chi connectivity index (χ1v) is 9.85. The van der Waals surface area contributed by atoms with Crippen molar-refractivity contribution in [2.24, 2.45) is 0 Å². The third kappa shape index (κ3) is 5.60. The number of carbonyl (C=O) groups excluding carboxylic acids is 1. The number of hydrogen-bond acceptors (Lipinski definition) is 4. The van der Waals surface area contributed by atoms with Crippen molar-refractivity contribution in [1.29, 1.82) is 0 Å². The number of ether oxygens (including phenoxy) is 3. The third-order valence-electron chi connectivity index (χ3n) is 4.70. The number of allylic oxidation sites excluding steroid dienone is 2. The van der Waals surface area contributed by atoms with Gasteiger partial charge in [-0.15, -0.1) is 0 Å². The summed E-state index contributed by atoms with van der Waals surface area (Å²) in [6.45, 7) is 9.15. The second-order valence-electron chi connectivity index (χ2n) is 6.96. The maximum atomic E-state index is 14.0. The zero-order chi connectivity index (χ0) is 23.8. The highest BCUT2D eigenvalue weighted by molar-refractivity contribution is 5.74. The first kappa shape index (κ1) is 24.8. The number of hydrogen-bond donors (Lipinski definition) is 0. The normalized spacial score (nSPS) is 13.8. The summed E-state index contributed by atoms with van der Waals surface area (Å²) < 4.78 is 56.2. The number of benzene rings is 2. The van der Waals surface area contributed by atoms with Gasteiger partial charge >= 0.3 is 0 Å². The summed E-state index contributed by atoms with van der Waals surface area (Å²) in [6.07, 6.45) is 3.21. The molecule has 0 atom stereocenters. The molecule has 32 heavy (non-hydrogen) atoms. The van der Waals surface area contributed by atoms with Crippen molar-refractivity contribution in [2.45, 2.75) is 26.2 Å². The smallest absolute Gasteiger partial charge is 0.207 e. The van der Waals surface area contributed by atoms with Gasteiger partial charge in [-0.2, -0.15) is 13.2 Å². The Balaban J connectivity index is 0.000000278. The maximum absolute atomic E-state index is 14.0. The Morgan fingerprint density at radius 1 is 1.19 bits per heavy atom. The van der Waals surface area contributed by atoms with Gasteiger partial charge in [0, 0.05) is 17.5 Å². The first-order valence-electron chi connectivity index (χ1n) is 9.85. The van der Waals surface area contributed by atoms with Crippen LogP contribution in [0.2, 0.25) is 0 Å². The number of halogens is 3. The molecule has 2 aromatic carbocycles. The van der Waals surface area contributed by atoms with E-state index in [0.29, 0.717) is 5.56 Å². The van der Waals surface area contributed by atoms with Gasteiger partial charge in [-0.3, -0.25) is 4.79 Å². The molecule has 0 aromatic heterocycles. The summed E-state index contributed by atoms with van der Waals surface area (Å²) in [6, 6.07) is 9.02. The van der Waals surface area contributed by atoms with Gasteiger partial charge < -0.3 is 14.2 Å². The predicted octanol–water partition coefficient (Wildman–Crippen LogP) is 6.26. The highest BCUT2D eigenvalue weighted by Crippen LogP contribution is 2.40. The summed E-state index contributed by atoms with van der Waals surface area (Å²) in [5.74, 6) is -4.61. The van der Waals surface area contributed by atoms with Crippen LogP contribution < -0.4 is 9.47 Å². The van der Waals surface area contributed by atoms with Crippen molar-refractivity contribution >= 4 is 6.29 Å². The lowest BCUT2D eigenvalue weighted by Gasteiger charge is -2.23. The minimum absolute atomic E-state index is 0.0860. The number of methoxy groups -OCH3 is 2. The van der Waals surface area contributed by atoms with Gasteiger partial charge in [-0.25, -0.2) is 0 Å². The molecule has 0 unspecified atom stereocenters. The summed E-state index contributed by atoms with van der Waals surface area (Å²) in [7, 11) is 2.45. The topological polar surface area (TPSA) is 44.8 Å². The molecular formula is C25H25F3O4. The lowest BCUT2D eigenvalue weighted by atomic mass is 9.99. The first-order chi connectivity index (χ1) is 15.3. The van der Waals surface area contributed by atoms with Crippen molar-refractivity contribution in [2.75, 3.05) is 14.2 Å². The Labute approximate surface area is 185 Å². The molecule has 7 heteroatoms. The molecule has 0 N–H and O–H groups in total. The average molecular weight is 446 g/mol. The fraction of sp³-hybridized carbons (Fsp3) is 0.240. The molecule has 170 valence electrons. The molecule has 0 aliphatic carbocycles. The van der Waals surface area contributed by atoms with E-state index in [0.717, 1.165) is 24.7 Å². The number of aldehydes is 1. The molecule has 4 nitrogen and oxygen atoms in total. The van der Waals surface area contributed by atoms with E-state index >= 15 is 0 Å². The SMILES string of the molecule is C=C(OC)/C(F)=C1/Oc2c(cc(OC)c(F)c2F)CC1=C.CCCc1ccc(C=O)cc1. The second kappa shape index (κ2) is 11.2. The summed E-state index contributed by atoms with van der Waals surface area (Å²) in [5.41, 5.74) is 2.63. The fourth-order valence-electron chi connectivity index (χ4n) is 2.98. The molecule has 1 heterocycles. The van der Waals surface area contributed by atoms with Crippen LogP contribution in [0.3, 0.4) is 0 Å². The van der Waals surface area contributed by atoms with Crippen molar-refractivity contribution in [3.8, 4) is 11.5 Å². The van der Waals surface area contributed by atoms with E-state index in [1.54, 1.807) is 0 Å². The minimum atomic E-state index is -1.25. The second-order valence-corrected chi connectivity index (χ2v) is 6.96. The minimum Gasteiger partial charge on any atom is -0.494 e. The lowest BCUT2D eigenvalue weighted by molar-refractivity contribution is 0.112. The largest absolute Gasteiger partial charge is 0.494 e. The van der Waals surface area contributed by atoms with Crippen LogP contribution in [-0.2, 0) is 17.6 Å². The zero-order valence-corrected chi connectivity index (χ0v) is 18.3. The number of fused-ring (bicyclic) bond motifs is 1. The summed E-state index contributed by atoms with van der Waals surface area (Å²) in [4.78, 5) is 10.3. The quantitative estimate of drug-likeness (QED) is 0.388. The molecule has 1 aliphatic heterocycles. The van der Waals surface area contributed by atoms with Crippen LogP contribution in [0.15, 0.2) is 66.4 Å². The Kier molecular flexibility index (Phi) is 8.70. The van der Waals surface area contributed by atoms with E-state index in [4.69, 9.17) is 9.47 Å².